The molecule has 4 heteroatoms. The second kappa shape index (κ2) is 6.06. The van der Waals surface area contributed by atoms with Crippen LogP contribution in [0, 0.1) is 0 Å². The Morgan fingerprint density at radius 1 is 1.37 bits per heavy atom. The standard InChI is InChI=1S/C15H22N2O2/c1-19-13-5-3-12(4-6-13)7-10-17-14(18)11-15(16)8-2-9-15/h3-6H,2,7-11,16H2,1H3,(H,17,18). The number of hydrogen-bond donors (Lipinski definition) is 2. The third-order valence-corrected chi connectivity index (χ3v) is 3.76. The highest BCUT2D eigenvalue weighted by Gasteiger charge is 2.34. The molecule has 0 heterocycles. The Morgan fingerprint density at radius 2 is 2.05 bits per heavy atom. The van der Waals surface area contributed by atoms with Crippen LogP contribution >= 0.6 is 0 Å². The van der Waals surface area contributed by atoms with E-state index in [-0.39, 0.29) is 11.4 Å². The highest BCUT2D eigenvalue weighted by atomic mass is 16.5. The Hall–Kier alpha value is -1.55. The summed E-state index contributed by atoms with van der Waals surface area (Å²) in [6, 6.07) is 7.89. The van der Waals surface area contributed by atoms with Crippen LogP contribution in [0.3, 0.4) is 0 Å². The number of amides is 1. The summed E-state index contributed by atoms with van der Waals surface area (Å²) in [4.78, 5) is 11.7. The van der Waals surface area contributed by atoms with Gasteiger partial charge in [0.2, 0.25) is 5.91 Å². The van der Waals surface area contributed by atoms with E-state index in [0.29, 0.717) is 13.0 Å². The number of carbonyl (C=O) groups is 1. The van der Waals surface area contributed by atoms with E-state index in [9.17, 15) is 4.79 Å². The van der Waals surface area contributed by atoms with Crippen LogP contribution in [-0.2, 0) is 11.2 Å². The number of methoxy groups -OCH3 is 1. The fraction of sp³-hybridized carbons (Fsp3) is 0.533. The van der Waals surface area contributed by atoms with Crippen LogP contribution in [0.25, 0.3) is 0 Å². The van der Waals surface area contributed by atoms with Gasteiger partial charge in [0.1, 0.15) is 5.75 Å². The van der Waals surface area contributed by atoms with Crippen molar-refractivity contribution in [2.24, 2.45) is 5.73 Å². The normalized spacial score (nSPS) is 16.5. The van der Waals surface area contributed by atoms with Crippen LogP contribution in [0.1, 0.15) is 31.2 Å². The molecule has 19 heavy (non-hydrogen) atoms. The number of rotatable bonds is 6. The van der Waals surface area contributed by atoms with Crippen molar-refractivity contribution in [2.75, 3.05) is 13.7 Å². The van der Waals surface area contributed by atoms with Gasteiger partial charge in [0.25, 0.3) is 0 Å². The van der Waals surface area contributed by atoms with Gasteiger partial charge in [-0.2, -0.15) is 0 Å². The Morgan fingerprint density at radius 3 is 2.58 bits per heavy atom. The van der Waals surface area contributed by atoms with E-state index in [4.69, 9.17) is 10.5 Å². The maximum Gasteiger partial charge on any atom is 0.221 e. The quantitative estimate of drug-likeness (QED) is 0.819. The molecule has 0 bridgehead atoms. The van der Waals surface area contributed by atoms with Gasteiger partial charge in [-0.05, 0) is 43.4 Å². The van der Waals surface area contributed by atoms with Crippen molar-refractivity contribution in [1.82, 2.24) is 5.32 Å². The summed E-state index contributed by atoms with van der Waals surface area (Å²) < 4.78 is 5.10. The van der Waals surface area contributed by atoms with Gasteiger partial charge < -0.3 is 15.8 Å². The lowest BCUT2D eigenvalue weighted by Crippen LogP contribution is -2.50. The Balaban J connectivity index is 1.69. The molecule has 0 saturated heterocycles. The molecule has 3 N–H and O–H groups in total. The van der Waals surface area contributed by atoms with E-state index in [2.05, 4.69) is 5.32 Å². The molecular formula is C15H22N2O2. The van der Waals surface area contributed by atoms with E-state index < -0.39 is 0 Å². The van der Waals surface area contributed by atoms with Gasteiger partial charge in [0, 0.05) is 18.5 Å². The molecular weight excluding hydrogens is 240 g/mol. The van der Waals surface area contributed by atoms with E-state index >= 15 is 0 Å². The maximum atomic E-state index is 11.7. The topological polar surface area (TPSA) is 64.3 Å². The summed E-state index contributed by atoms with van der Waals surface area (Å²) in [5.74, 6) is 0.915. The van der Waals surface area contributed by atoms with Crippen molar-refractivity contribution in [3.05, 3.63) is 29.8 Å². The van der Waals surface area contributed by atoms with Crippen LogP contribution in [0.5, 0.6) is 5.75 Å². The molecule has 0 aromatic heterocycles. The van der Waals surface area contributed by atoms with Gasteiger partial charge in [-0.15, -0.1) is 0 Å². The zero-order chi connectivity index (χ0) is 13.7. The molecule has 0 spiro atoms. The summed E-state index contributed by atoms with van der Waals surface area (Å²) in [7, 11) is 1.65. The largest absolute Gasteiger partial charge is 0.497 e. The van der Waals surface area contributed by atoms with Crippen LogP contribution in [0.2, 0.25) is 0 Å². The van der Waals surface area contributed by atoms with E-state index in [0.717, 1.165) is 31.4 Å². The number of nitrogens with two attached hydrogens (primary N) is 1. The summed E-state index contributed by atoms with van der Waals surface area (Å²) in [6.45, 7) is 0.654. The average molecular weight is 262 g/mol. The fourth-order valence-electron chi connectivity index (χ4n) is 2.33. The van der Waals surface area contributed by atoms with E-state index in [1.807, 2.05) is 24.3 Å². The van der Waals surface area contributed by atoms with Crippen LogP contribution < -0.4 is 15.8 Å². The first-order chi connectivity index (χ1) is 9.11. The molecule has 1 aromatic carbocycles. The SMILES string of the molecule is COc1ccc(CCNC(=O)CC2(N)CCC2)cc1. The molecule has 104 valence electrons. The minimum absolute atomic E-state index is 0.0655. The lowest BCUT2D eigenvalue weighted by molar-refractivity contribution is -0.122. The molecule has 4 nitrogen and oxygen atoms in total. The number of hydrogen-bond acceptors (Lipinski definition) is 3. The molecule has 1 aliphatic rings. The van der Waals surface area contributed by atoms with Gasteiger partial charge in [0.15, 0.2) is 0 Å². The summed E-state index contributed by atoms with van der Waals surface area (Å²) in [5.41, 5.74) is 7.00. The van der Waals surface area contributed by atoms with Gasteiger partial charge >= 0.3 is 0 Å². The van der Waals surface area contributed by atoms with Gasteiger partial charge in [-0.1, -0.05) is 12.1 Å². The lowest BCUT2D eigenvalue weighted by Gasteiger charge is -2.37. The van der Waals surface area contributed by atoms with Crippen molar-refractivity contribution in [3.8, 4) is 5.75 Å². The molecule has 1 saturated carbocycles. The molecule has 1 aromatic rings. The lowest BCUT2D eigenvalue weighted by atomic mass is 9.75. The second-order valence-corrected chi connectivity index (χ2v) is 5.34. The van der Waals surface area contributed by atoms with E-state index in [1.165, 1.54) is 5.56 Å². The molecule has 1 fully saturated rings. The van der Waals surface area contributed by atoms with Gasteiger partial charge in [-0.3, -0.25) is 4.79 Å². The highest BCUT2D eigenvalue weighted by Crippen LogP contribution is 2.31. The van der Waals surface area contributed by atoms with Crippen LogP contribution in [0.15, 0.2) is 24.3 Å². The second-order valence-electron chi connectivity index (χ2n) is 5.34. The summed E-state index contributed by atoms with van der Waals surface area (Å²) in [5, 5.41) is 2.93. The first kappa shape index (κ1) is 13.9. The minimum atomic E-state index is -0.232. The van der Waals surface area contributed by atoms with Crippen LogP contribution in [-0.4, -0.2) is 25.1 Å². The molecule has 0 radical (unpaired) electrons. The average Bonchev–Trinajstić information content (AvgIpc) is 2.37. The third-order valence-electron chi connectivity index (χ3n) is 3.76. The highest BCUT2D eigenvalue weighted by molar-refractivity contribution is 5.77. The van der Waals surface area contributed by atoms with Crippen LogP contribution in [0.4, 0.5) is 0 Å². The Bertz CT molecular complexity index is 424. The minimum Gasteiger partial charge on any atom is -0.497 e. The molecule has 1 amide bonds. The van der Waals surface area contributed by atoms with Gasteiger partial charge in [0.05, 0.1) is 7.11 Å². The molecule has 0 aliphatic heterocycles. The summed E-state index contributed by atoms with van der Waals surface area (Å²) >= 11 is 0. The monoisotopic (exact) mass is 262 g/mol. The van der Waals surface area contributed by atoms with Gasteiger partial charge in [-0.25, -0.2) is 0 Å². The molecule has 2 rings (SSSR count). The molecule has 0 unspecified atom stereocenters. The third kappa shape index (κ3) is 3.96. The number of nitrogens with one attached hydrogen (secondary N) is 1. The first-order valence-corrected chi connectivity index (χ1v) is 6.80. The predicted octanol–water partition coefficient (Wildman–Crippen LogP) is 1.63. The van der Waals surface area contributed by atoms with E-state index in [1.54, 1.807) is 7.11 Å². The van der Waals surface area contributed by atoms with Crippen molar-refractivity contribution >= 4 is 5.91 Å². The van der Waals surface area contributed by atoms with Crippen molar-refractivity contribution in [3.63, 3.8) is 0 Å². The Kier molecular flexibility index (Phi) is 4.43. The molecule has 1 aliphatic carbocycles. The zero-order valence-corrected chi connectivity index (χ0v) is 11.4. The van der Waals surface area contributed by atoms with Crippen molar-refractivity contribution < 1.29 is 9.53 Å². The predicted molar refractivity (Wildman–Crippen MR) is 75.1 cm³/mol. The maximum absolute atomic E-state index is 11.7. The molecule has 0 atom stereocenters. The zero-order valence-electron chi connectivity index (χ0n) is 11.4. The number of benzene rings is 1. The van der Waals surface area contributed by atoms with Crippen molar-refractivity contribution in [1.29, 1.82) is 0 Å². The number of ether oxygens (including phenoxy) is 1. The fourth-order valence-corrected chi connectivity index (χ4v) is 2.33. The Labute approximate surface area is 114 Å². The number of carbonyl (C=O) groups excluding carboxylic acids is 1. The first-order valence-electron chi connectivity index (χ1n) is 6.80. The smallest absolute Gasteiger partial charge is 0.221 e. The summed E-state index contributed by atoms with van der Waals surface area (Å²) in [6.07, 6.45) is 4.37. The van der Waals surface area contributed by atoms with Crippen molar-refractivity contribution in [2.45, 2.75) is 37.6 Å².